The molecule has 0 atom stereocenters. The number of pyridine rings is 1. The van der Waals surface area contributed by atoms with Crippen LogP contribution in [0.4, 0.5) is 0 Å². The van der Waals surface area contributed by atoms with Crippen molar-refractivity contribution in [3.05, 3.63) is 53.2 Å². The van der Waals surface area contributed by atoms with Crippen molar-refractivity contribution < 1.29 is 4.57 Å². The van der Waals surface area contributed by atoms with Crippen molar-refractivity contribution in [1.82, 2.24) is 0 Å². The van der Waals surface area contributed by atoms with Crippen molar-refractivity contribution in [2.24, 2.45) is 7.05 Å². The molecule has 1 heterocycles. The highest BCUT2D eigenvalue weighted by Crippen LogP contribution is 2.21. The average molecular weight is 212 g/mol. The predicted octanol–water partition coefficient (Wildman–Crippen LogP) is 3.10. The Morgan fingerprint density at radius 3 is 2.25 bits per heavy atom. The summed E-state index contributed by atoms with van der Waals surface area (Å²) in [7, 11) is 2.09. The molecule has 0 aliphatic heterocycles. The van der Waals surface area contributed by atoms with Gasteiger partial charge in [0.15, 0.2) is 6.20 Å². The summed E-state index contributed by atoms with van der Waals surface area (Å²) < 4.78 is 2.17. The van der Waals surface area contributed by atoms with Crippen LogP contribution in [0.15, 0.2) is 36.5 Å². The molecule has 0 aliphatic carbocycles. The van der Waals surface area contributed by atoms with Gasteiger partial charge in [0.25, 0.3) is 0 Å². The van der Waals surface area contributed by atoms with Gasteiger partial charge in [0.05, 0.1) is 0 Å². The second-order valence-corrected chi connectivity index (χ2v) is 4.52. The zero-order valence-corrected chi connectivity index (χ0v) is 10.4. The summed E-state index contributed by atoms with van der Waals surface area (Å²) in [6.45, 7) is 6.44. The van der Waals surface area contributed by atoms with E-state index in [0.717, 1.165) is 0 Å². The maximum Gasteiger partial charge on any atom is 0.212 e. The second kappa shape index (κ2) is 4.09. The largest absolute Gasteiger partial charge is 0.212 e. The minimum Gasteiger partial charge on any atom is -0.201 e. The number of benzene rings is 1. The predicted molar refractivity (Wildman–Crippen MR) is 67.3 cm³/mol. The van der Waals surface area contributed by atoms with E-state index in [-0.39, 0.29) is 0 Å². The number of aromatic nitrogens is 1. The zero-order chi connectivity index (χ0) is 11.7. The van der Waals surface area contributed by atoms with Crippen molar-refractivity contribution in [2.75, 3.05) is 0 Å². The fraction of sp³-hybridized carbons (Fsp3) is 0.267. The van der Waals surface area contributed by atoms with Gasteiger partial charge in [-0.05, 0) is 38.0 Å². The van der Waals surface area contributed by atoms with E-state index in [1.807, 2.05) is 0 Å². The SMILES string of the molecule is Cc1ccc(-c2cc(C)cc[n+]2C)c(C)c1. The van der Waals surface area contributed by atoms with Crippen LogP contribution >= 0.6 is 0 Å². The fourth-order valence-electron chi connectivity index (χ4n) is 2.04. The summed E-state index contributed by atoms with van der Waals surface area (Å²) in [5.74, 6) is 0. The summed E-state index contributed by atoms with van der Waals surface area (Å²) in [6.07, 6.45) is 2.12. The quantitative estimate of drug-likeness (QED) is 0.639. The van der Waals surface area contributed by atoms with Crippen LogP contribution in [0.1, 0.15) is 16.7 Å². The van der Waals surface area contributed by atoms with Crippen molar-refractivity contribution in [1.29, 1.82) is 0 Å². The third-order valence-electron chi connectivity index (χ3n) is 2.96. The van der Waals surface area contributed by atoms with Crippen LogP contribution in [0.2, 0.25) is 0 Å². The molecule has 0 radical (unpaired) electrons. The molecule has 0 bridgehead atoms. The smallest absolute Gasteiger partial charge is 0.201 e. The van der Waals surface area contributed by atoms with E-state index in [9.17, 15) is 0 Å². The van der Waals surface area contributed by atoms with Gasteiger partial charge >= 0.3 is 0 Å². The fourth-order valence-corrected chi connectivity index (χ4v) is 2.04. The molecule has 0 spiro atoms. The Balaban J connectivity index is 2.62. The minimum atomic E-state index is 1.28. The molecule has 1 heteroatoms. The molecule has 0 saturated heterocycles. The molecule has 1 nitrogen and oxygen atoms in total. The van der Waals surface area contributed by atoms with Crippen molar-refractivity contribution in [3.63, 3.8) is 0 Å². The summed E-state index contributed by atoms with van der Waals surface area (Å²) in [5, 5.41) is 0. The number of hydrogen-bond donors (Lipinski definition) is 0. The Labute approximate surface area is 97.4 Å². The minimum absolute atomic E-state index is 1.28. The topological polar surface area (TPSA) is 3.88 Å². The molecule has 16 heavy (non-hydrogen) atoms. The molecule has 1 aromatic heterocycles. The lowest BCUT2D eigenvalue weighted by atomic mass is 10.0. The first kappa shape index (κ1) is 10.9. The highest BCUT2D eigenvalue weighted by Gasteiger charge is 2.11. The average Bonchev–Trinajstić information content (AvgIpc) is 2.22. The first-order valence-electron chi connectivity index (χ1n) is 5.62. The first-order chi connectivity index (χ1) is 7.58. The van der Waals surface area contributed by atoms with Crippen LogP contribution in [-0.4, -0.2) is 0 Å². The molecule has 0 amide bonds. The Hall–Kier alpha value is -1.63. The van der Waals surface area contributed by atoms with E-state index in [1.54, 1.807) is 0 Å². The van der Waals surface area contributed by atoms with Gasteiger partial charge in [-0.2, -0.15) is 0 Å². The van der Waals surface area contributed by atoms with Crippen LogP contribution in [0.5, 0.6) is 0 Å². The normalized spacial score (nSPS) is 10.5. The molecule has 1 aromatic carbocycles. The van der Waals surface area contributed by atoms with E-state index in [0.29, 0.717) is 0 Å². The second-order valence-electron chi connectivity index (χ2n) is 4.52. The van der Waals surface area contributed by atoms with Crippen LogP contribution in [0.25, 0.3) is 11.3 Å². The van der Waals surface area contributed by atoms with Gasteiger partial charge in [-0.15, -0.1) is 0 Å². The van der Waals surface area contributed by atoms with Gasteiger partial charge < -0.3 is 0 Å². The van der Waals surface area contributed by atoms with E-state index in [2.05, 4.69) is 68.9 Å². The van der Waals surface area contributed by atoms with Crippen molar-refractivity contribution in [3.8, 4) is 11.3 Å². The van der Waals surface area contributed by atoms with Gasteiger partial charge in [0.2, 0.25) is 5.69 Å². The zero-order valence-electron chi connectivity index (χ0n) is 10.4. The van der Waals surface area contributed by atoms with E-state index in [4.69, 9.17) is 0 Å². The summed E-state index contributed by atoms with van der Waals surface area (Å²) in [5.41, 5.74) is 6.54. The number of rotatable bonds is 1. The van der Waals surface area contributed by atoms with Gasteiger partial charge in [-0.25, -0.2) is 4.57 Å². The molecule has 0 aliphatic rings. The Morgan fingerprint density at radius 2 is 1.56 bits per heavy atom. The monoisotopic (exact) mass is 212 g/mol. The first-order valence-corrected chi connectivity index (χ1v) is 5.62. The lowest BCUT2D eigenvalue weighted by Crippen LogP contribution is -2.30. The van der Waals surface area contributed by atoms with E-state index < -0.39 is 0 Å². The number of aryl methyl sites for hydroxylation is 4. The third-order valence-corrected chi connectivity index (χ3v) is 2.96. The molecule has 0 saturated carbocycles. The lowest BCUT2D eigenvalue weighted by Gasteiger charge is -2.06. The summed E-state index contributed by atoms with van der Waals surface area (Å²) in [6, 6.07) is 11.0. The molecule has 0 unspecified atom stereocenters. The number of hydrogen-bond acceptors (Lipinski definition) is 0. The van der Waals surface area contributed by atoms with Crippen molar-refractivity contribution >= 4 is 0 Å². The Kier molecular flexibility index (Phi) is 2.78. The standard InChI is InChI=1S/C15H18N/c1-11-5-6-14(13(3)9-11)15-10-12(2)7-8-16(15)4/h5-10H,1-4H3/q+1. The molecule has 2 rings (SSSR count). The molecular formula is C15H18N+. The molecule has 82 valence electrons. The highest BCUT2D eigenvalue weighted by atomic mass is 14.9. The molecule has 0 N–H and O–H groups in total. The summed E-state index contributed by atoms with van der Waals surface area (Å²) >= 11 is 0. The van der Waals surface area contributed by atoms with E-state index >= 15 is 0 Å². The van der Waals surface area contributed by atoms with Gasteiger partial charge in [0.1, 0.15) is 7.05 Å². The molecular weight excluding hydrogens is 194 g/mol. The maximum atomic E-state index is 2.23. The van der Waals surface area contributed by atoms with Crippen LogP contribution in [0.3, 0.4) is 0 Å². The summed E-state index contributed by atoms with van der Waals surface area (Å²) in [4.78, 5) is 0. The Bertz CT molecular complexity index is 527. The highest BCUT2D eigenvalue weighted by molar-refractivity contribution is 5.61. The van der Waals surface area contributed by atoms with Crippen LogP contribution in [0, 0.1) is 20.8 Å². The van der Waals surface area contributed by atoms with Crippen molar-refractivity contribution in [2.45, 2.75) is 20.8 Å². The lowest BCUT2D eigenvalue weighted by molar-refractivity contribution is -0.660. The van der Waals surface area contributed by atoms with Gasteiger partial charge in [-0.1, -0.05) is 17.7 Å². The van der Waals surface area contributed by atoms with Crippen LogP contribution in [-0.2, 0) is 7.05 Å². The Morgan fingerprint density at radius 1 is 0.875 bits per heavy atom. The molecule has 2 aromatic rings. The van der Waals surface area contributed by atoms with E-state index in [1.165, 1.54) is 27.9 Å². The number of nitrogens with zero attached hydrogens (tertiary/aromatic N) is 1. The molecule has 0 fully saturated rings. The van der Waals surface area contributed by atoms with Gasteiger partial charge in [-0.3, -0.25) is 0 Å². The third kappa shape index (κ3) is 1.99. The van der Waals surface area contributed by atoms with Crippen LogP contribution < -0.4 is 4.57 Å². The maximum absolute atomic E-state index is 2.23. The van der Waals surface area contributed by atoms with Gasteiger partial charge in [0, 0.05) is 17.7 Å².